The Balaban J connectivity index is 1.93. The van der Waals surface area contributed by atoms with Crippen LogP contribution in [0.25, 0.3) is 0 Å². The second kappa shape index (κ2) is 7.59. The highest BCUT2D eigenvalue weighted by Gasteiger charge is 2.17. The minimum atomic E-state index is -3.23. The van der Waals surface area contributed by atoms with E-state index in [-0.39, 0.29) is 5.75 Å². The van der Waals surface area contributed by atoms with Crippen molar-refractivity contribution in [2.75, 3.05) is 19.3 Å². The number of benzene rings is 2. The molecule has 0 fully saturated rings. The second-order valence-electron chi connectivity index (χ2n) is 5.28. The van der Waals surface area contributed by atoms with Gasteiger partial charge in [0, 0.05) is 15.1 Å². The molecular formula is C16H18BrClNO2S+. The summed E-state index contributed by atoms with van der Waals surface area (Å²) in [6.45, 7) is 1.33. The topological polar surface area (TPSA) is 38.6 Å². The van der Waals surface area contributed by atoms with E-state index < -0.39 is 9.84 Å². The molecule has 1 unspecified atom stereocenters. The van der Waals surface area contributed by atoms with Gasteiger partial charge in [0.1, 0.15) is 12.3 Å². The Labute approximate surface area is 145 Å². The van der Waals surface area contributed by atoms with Gasteiger partial charge >= 0.3 is 0 Å². The van der Waals surface area contributed by atoms with Crippen LogP contribution >= 0.6 is 27.5 Å². The quantitative estimate of drug-likeness (QED) is 0.805. The molecule has 0 bridgehead atoms. The molecular weight excluding hydrogens is 386 g/mol. The van der Waals surface area contributed by atoms with E-state index >= 15 is 0 Å². The third-order valence-electron chi connectivity index (χ3n) is 3.39. The monoisotopic (exact) mass is 402 g/mol. The Morgan fingerprint density at radius 2 is 1.64 bits per heavy atom. The van der Waals surface area contributed by atoms with Crippen LogP contribution in [0.1, 0.15) is 5.56 Å². The van der Waals surface area contributed by atoms with Gasteiger partial charge < -0.3 is 4.90 Å². The van der Waals surface area contributed by atoms with E-state index in [2.05, 4.69) is 15.9 Å². The molecule has 2 rings (SSSR count). The van der Waals surface area contributed by atoms with E-state index in [9.17, 15) is 8.42 Å². The summed E-state index contributed by atoms with van der Waals surface area (Å²) < 4.78 is 25.5. The van der Waals surface area contributed by atoms with Crippen LogP contribution in [0.2, 0.25) is 5.02 Å². The predicted octanol–water partition coefficient (Wildman–Crippen LogP) is 2.59. The van der Waals surface area contributed by atoms with Gasteiger partial charge in [0.2, 0.25) is 0 Å². The summed E-state index contributed by atoms with van der Waals surface area (Å²) >= 11 is 9.17. The lowest BCUT2D eigenvalue weighted by atomic mass is 10.2. The van der Waals surface area contributed by atoms with Crippen LogP contribution in [0, 0.1) is 0 Å². The highest BCUT2D eigenvalue weighted by atomic mass is 79.9. The molecule has 0 aliphatic carbocycles. The van der Waals surface area contributed by atoms with Gasteiger partial charge in [0.05, 0.1) is 18.5 Å². The first-order chi connectivity index (χ1) is 10.4. The fourth-order valence-electron chi connectivity index (χ4n) is 2.11. The van der Waals surface area contributed by atoms with E-state index in [4.69, 9.17) is 11.6 Å². The fraction of sp³-hybridized carbons (Fsp3) is 0.250. The maximum Gasteiger partial charge on any atom is 0.183 e. The number of hydrogen-bond acceptors (Lipinski definition) is 2. The molecule has 6 heteroatoms. The van der Waals surface area contributed by atoms with Crippen molar-refractivity contribution >= 4 is 37.4 Å². The maximum atomic E-state index is 12.3. The van der Waals surface area contributed by atoms with Crippen molar-refractivity contribution in [1.82, 2.24) is 0 Å². The zero-order valence-corrected chi connectivity index (χ0v) is 15.4. The van der Waals surface area contributed by atoms with Crippen molar-refractivity contribution in [3.05, 3.63) is 63.6 Å². The first kappa shape index (κ1) is 17.5. The molecule has 1 N–H and O–H groups in total. The lowest BCUT2D eigenvalue weighted by molar-refractivity contribution is -0.891. The molecule has 0 aromatic heterocycles. The molecule has 3 nitrogen and oxygen atoms in total. The number of nitrogens with one attached hydrogen (secondary N) is 1. The average Bonchev–Trinajstić information content (AvgIpc) is 2.48. The molecule has 118 valence electrons. The molecule has 22 heavy (non-hydrogen) atoms. The Kier molecular flexibility index (Phi) is 6.03. The predicted molar refractivity (Wildman–Crippen MR) is 93.1 cm³/mol. The molecule has 0 radical (unpaired) electrons. The molecule has 0 saturated heterocycles. The van der Waals surface area contributed by atoms with Crippen LogP contribution in [0.5, 0.6) is 0 Å². The smallest absolute Gasteiger partial charge is 0.183 e. The van der Waals surface area contributed by atoms with Gasteiger partial charge in [-0.05, 0) is 36.4 Å². The molecule has 1 atom stereocenters. The molecule has 2 aromatic rings. The molecule has 0 amide bonds. The van der Waals surface area contributed by atoms with Crippen LogP contribution in [0.4, 0.5) is 0 Å². The Morgan fingerprint density at radius 3 is 2.23 bits per heavy atom. The van der Waals surface area contributed by atoms with Crippen molar-refractivity contribution in [3.63, 3.8) is 0 Å². The third kappa shape index (κ3) is 5.09. The molecule has 0 spiro atoms. The molecule has 0 aliphatic heterocycles. The summed E-state index contributed by atoms with van der Waals surface area (Å²) in [7, 11) is -1.24. The van der Waals surface area contributed by atoms with Gasteiger partial charge in [-0.2, -0.15) is 0 Å². The molecule has 0 saturated carbocycles. The van der Waals surface area contributed by atoms with E-state index in [1.165, 1.54) is 0 Å². The van der Waals surface area contributed by atoms with Gasteiger partial charge in [-0.15, -0.1) is 0 Å². The minimum absolute atomic E-state index is 0.133. The van der Waals surface area contributed by atoms with Gasteiger partial charge in [-0.1, -0.05) is 39.7 Å². The lowest BCUT2D eigenvalue weighted by Gasteiger charge is -2.14. The summed E-state index contributed by atoms with van der Waals surface area (Å²) in [6, 6.07) is 14.4. The fourth-order valence-corrected chi connectivity index (χ4v) is 3.90. The normalized spacial score (nSPS) is 13.0. The van der Waals surface area contributed by atoms with E-state index in [0.29, 0.717) is 16.5 Å². The van der Waals surface area contributed by atoms with Crippen molar-refractivity contribution in [2.24, 2.45) is 0 Å². The number of hydrogen-bond donors (Lipinski definition) is 1. The molecule has 0 heterocycles. The van der Waals surface area contributed by atoms with Gasteiger partial charge in [-0.3, -0.25) is 0 Å². The standard InChI is InChI=1S/C16H17BrClNO2S/c1-19(12-13-2-6-15(18)7-3-13)10-11-22(20,21)16-8-4-14(17)5-9-16/h2-9H,10-12H2,1H3/p+1. The highest BCUT2D eigenvalue weighted by molar-refractivity contribution is 9.10. The van der Waals surface area contributed by atoms with Gasteiger partial charge in [0.15, 0.2) is 9.84 Å². The van der Waals surface area contributed by atoms with Gasteiger partial charge in [0.25, 0.3) is 0 Å². The Morgan fingerprint density at radius 1 is 1.05 bits per heavy atom. The summed E-state index contributed by atoms with van der Waals surface area (Å²) in [5.74, 6) is 0.133. The average molecular weight is 404 g/mol. The Bertz CT molecular complexity index is 715. The summed E-state index contributed by atoms with van der Waals surface area (Å²) in [6.07, 6.45) is 0. The summed E-state index contributed by atoms with van der Waals surface area (Å²) in [5, 5.41) is 0.708. The summed E-state index contributed by atoms with van der Waals surface area (Å²) in [4.78, 5) is 1.51. The van der Waals surface area contributed by atoms with Crippen molar-refractivity contribution < 1.29 is 13.3 Å². The van der Waals surface area contributed by atoms with Crippen molar-refractivity contribution in [3.8, 4) is 0 Å². The zero-order chi connectivity index (χ0) is 16.2. The highest BCUT2D eigenvalue weighted by Crippen LogP contribution is 2.15. The SMILES string of the molecule is C[NH+](CCS(=O)(=O)c1ccc(Br)cc1)Cc1ccc(Cl)cc1. The lowest BCUT2D eigenvalue weighted by Crippen LogP contribution is -3.08. The van der Waals surface area contributed by atoms with Gasteiger partial charge in [-0.25, -0.2) is 8.42 Å². The molecule has 2 aromatic carbocycles. The first-order valence-corrected chi connectivity index (χ1v) is 9.73. The van der Waals surface area contributed by atoms with E-state index in [1.54, 1.807) is 24.3 Å². The van der Waals surface area contributed by atoms with Crippen LogP contribution in [-0.2, 0) is 16.4 Å². The van der Waals surface area contributed by atoms with Crippen molar-refractivity contribution in [1.29, 1.82) is 0 Å². The van der Waals surface area contributed by atoms with E-state index in [1.807, 2.05) is 31.3 Å². The second-order valence-corrected chi connectivity index (χ2v) is 8.74. The van der Waals surface area contributed by atoms with Crippen LogP contribution < -0.4 is 4.90 Å². The van der Waals surface area contributed by atoms with E-state index in [0.717, 1.165) is 21.5 Å². The largest absolute Gasteiger partial charge is 0.333 e. The van der Waals surface area contributed by atoms with Crippen LogP contribution in [0.3, 0.4) is 0 Å². The van der Waals surface area contributed by atoms with Crippen LogP contribution in [0.15, 0.2) is 57.9 Å². The third-order valence-corrected chi connectivity index (χ3v) is 5.90. The number of halogens is 2. The minimum Gasteiger partial charge on any atom is -0.333 e. The summed E-state index contributed by atoms with van der Waals surface area (Å²) in [5.41, 5.74) is 1.14. The zero-order valence-electron chi connectivity index (χ0n) is 12.2. The van der Waals surface area contributed by atoms with Crippen LogP contribution in [-0.4, -0.2) is 27.8 Å². The molecule has 0 aliphatic rings. The number of quaternary nitrogens is 1. The maximum absolute atomic E-state index is 12.3. The Hall–Kier alpha value is -0.880. The number of rotatable bonds is 6. The van der Waals surface area contributed by atoms with Crippen molar-refractivity contribution in [2.45, 2.75) is 11.4 Å². The first-order valence-electron chi connectivity index (χ1n) is 6.91. The number of sulfone groups is 1.